The molecule has 2 N–H and O–H groups in total. The summed E-state index contributed by atoms with van der Waals surface area (Å²) >= 11 is 0. The molecule has 0 aliphatic rings. The second-order valence-electron chi connectivity index (χ2n) is 5.57. The van der Waals surface area contributed by atoms with E-state index >= 15 is 0 Å². The van der Waals surface area contributed by atoms with E-state index < -0.39 is 5.97 Å². The fourth-order valence-electron chi connectivity index (χ4n) is 2.60. The van der Waals surface area contributed by atoms with Crippen LogP contribution in [-0.2, 0) is 13.1 Å². The first-order valence-electron chi connectivity index (χ1n) is 7.92. The van der Waals surface area contributed by atoms with Crippen molar-refractivity contribution in [1.82, 2.24) is 5.32 Å². The van der Waals surface area contributed by atoms with Crippen LogP contribution in [0.4, 0.5) is 0 Å². The van der Waals surface area contributed by atoms with E-state index in [1.54, 1.807) is 25.3 Å². The Morgan fingerprint density at radius 1 is 1.08 bits per heavy atom. The number of methoxy groups -OCH3 is 1. The Morgan fingerprint density at radius 3 is 2.65 bits per heavy atom. The number of carboxylic acids is 1. The number of nitrogens with one attached hydrogen (secondary N) is 1. The molecule has 0 spiro atoms. The van der Waals surface area contributed by atoms with Crippen molar-refractivity contribution in [2.24, 2.45) is 0 Å². The molecule has 0 fully saturated rings. The van der Waals surface area contributed by atoms with Gasteiger partial charge in [-0.05, 0) is 30.3 Å². The number of carbonyl (C=O) groups is 1. The molecule has 0 saturated heterocycles. The number of halogens is 1. The number of carboxylic acid groups (broad SMARTS) is 1. The number of hydrogen-bond acceptors (Lipinski definition) is 4. The highest BCUT2D eigenvalue weighted by molar-refractivity contribution is 5.89. The molecule has 1 aromatic heterocycles. The summed E-state index contributed by atoms with van der Waals surface area (Å²) in [6.45, 7) is 1.23. The van der Waals surface area contributed by atoms with E-state index in [9.17, 15) is 4.79 Å². The molecule has 0 unspecified atom stereocenters. The van der Waals surface area contributed by atoms with Crippen molar-refractivity contribution in [2.45, 2.75) is 13.1 Å². The molecule has 0 aliphatic carbocycles. The minimum absolute atomic E-state index is 0. The van der Waals surface area contributed by atoms with Gasteiger partial charge in [0, 0.05) is 17.7 Å². The third-order valence-corrected chi connectivity index (χ3v) is 3.86. The zero-order valence-corrected chi connectivity index (χ0v) is 15.1. The number of aromatic carboxylic acids is 1. The minimum Gasteiger partial charge on any atom is -0.496 e. The Hall–Kier alpha value is -2.76. The number of furan rings is 1. The second kappa shape index (κ2) is 9.08. The van der Waals surface area contributed by atoms with Gasteiger partial charge in [0.15, 0.2) is 0 Å². The molecule has 3 rings (SSSR count). The van der Waals surface area contributed by atoms with Crippen LogP contribution < -0.4 is 10.1 Å². The minimum atomic E-state index is -0.952. The first-order chi connectivity index (χ1) is 12.2. The fourth-order valence-corrected chi connectivity index (χ4v) is 2.60. The molecule has 6 heteroatoms. The summed E-state index contributed by atoms with van der Waals surface area (Å²) in [6.07, 6.45) is 0. The maximum Gasteiger partial charge on any atom is 0.335 e. The van der Waals surface area contributed by atoms with Gasteiger partial charge < -0.3 is 19.6 Å². The Labute approximate surface area is 158 Å². The van der Waals surface area contributed by atoms with Gasteiger partial charge in [-0.25, -0.2) is 4.79 Å². The van der Waals surface area contributed by atoms with Crippen molar-refractivity contribution < 1.29 is 19.1 Å². The van der Waals surface area contributed by atoms with Gasteiger partial charge in [-0.2, -0.15) is 0 Å². The Morgan fingerprint density at radius 2 is 1.88 bits per heavy atom. The van der Waals surface area contributed by atoms with Crippen LogP contribution in [0.2, 0.25) is 0 Å². The molecule has 0 atom stereocenters. The lowest BCUT2D eigenvalue weighted by Gasteiger charge is -2.08. The zero-order chi connectivity index (χ0) is 17.6. The number of benzene rings is 2. The van der Waals surface area contributed by atoms with Crippen LogP contribution in [0.3, 0.4) is 0 Å². The number of hydrogen-bond donors (Lipinski definition) is 2. The Balaban J connectivity index is 0.00000243. The number of ether oxygens (including phenoxy) is 1. The maximum absolute atomic E-state index is 11.1. The highest BCUT2D eigenvalue weighted by Crippen LogP contribution is 2.23. The van der Waals surface area contributed by atoms with E-state index in [0.717, 1.165) is 22.6 Å². The van der Waals surface area contributed by atoms with Crippen LogP contribution in [0, 0.1) is 0 Å². The first-order valence-corrected chi connectivity index (χ1v) is 7.92. The molecular weight excluding hydrogens is 354 g/mol. The highest BCUT2D eigenvalue weighted by Gasteiger charge is 2.09. The van der Waals surface area contributed by atoms with E-state index in [1.807, 2.05) is 42.5 Å². The van der Waals surface area contributed by atoms with Crippen molar-refractivity contribution in [1.29, 1.82) is 0 Å². The molecule has 5 nitrogen and oxygen atoms in total. The molecule has 3 aromatic rings. The predicted molar refractivity (Wildman–Crippen MR) is 102 cm³/mol. The lowest BCUT2D eigenvalue weighted by Crippen LogP contribution is -2.12. The van der Waals surface area contributed by atoms with Gasteiger partial charge in [-0.15, -0.1) is 12.4 Å². The number of rotatable bonds is 7. The molecule has 26 heavy (non-hydrogen) atoms. The average molecular weight is 374 g/mol. The van der Waals surface area contributed by atoms with Gasteiger partial charge in [0.2, 0.25) is 0 Å². The van der Waals surface area contributed by atoms with E-state index in [4.69, 9.17) is 14.3 Å². The van der Waals surface area contributed by atoms with Crippen molar-refractivity contribution in [3.05, 3.63) is 77.6 Å². The third-order valence-electron chi connectivity index (χ3n) is 3.86. The summed E-state index contributed by atoms with van der Waals surface area (Å²) in [5.74, 6) is 1.33. The van der Waals surface area contributed by atoms with Gasteiger partial charge in [0.25, 0.3) is 0 Å². The molecular formula is C20H20ClNO4. The SMILES string of the molecule is COc1ccccc1CNCc1ccc(-c2cccc(C(=O)O)c2)o1.Cl. The lowest BCUT2D eigenvalue weighted by atomic mass is 10.1. The molecule has 0 saturated carbocycles. The van der Waals surface area contributed by atoms with Crippen LogP contribution in [-0.4, -0.2) is 18.2 Å². The van der Waals surface area contributed by atoms with Crippen molar-refractivity contribution >= 4 is 18.4 Å². The van der Waals surface area contributed by atoms with Crippen LogP contribution in [0.1, 0.15) is 21.7 Å². The predicted octanol–water partition coefficient (Wildman–Crippen LogP) is 4.37. The van der Waals surface area contributed by atoms with Crippen LogP contribution in [0.15, 0.2) is 65.1 Å². The van der Waals surface area contributed by atoms with Crippen LogP contribution >= 0.6 is 12.4 Å². The summed E-state index contributed by atoms with van der Waals surface area (Å²) in [4.78, 5) is 11.1. The summed E-state index contributed by atoms with van der Waals surface area (Å²) in [5.41, 5.74) is 2.06. The van der Waals surface area contributed by atoms with E-state index in [0.29, 0.717) is 18.8 Å². The third kappa shape index (κ3) is 4.65. The second-order valence-corrected chi connectivity index (χ2v) is 5.57. The largest absolute Gasteiger partial charge is 0.496 e. The smallest absolute Gasteiger partial charge is 0.335 e. The summed E-state index contributed by atoms with van der Waals surface area (Å²) in [5, 5.41) is 12.4. The van der Waals surface area contributed by atoms with Gasteiger partial charge in [0.05, 0.1) is 19.2 Å². The molecule has 136 valence electrons. The molecule has 1 heterocycles. The van der Waals surface area contributed by atoms with E-state index in [1.165, 1.54) is 0 Å². The summed E-state index contributed by atoms with van der Waals surface area (Å²) in [7, 11) is 1.66. The number of para-hydroxylation sites is 1. The Bertz CT molecular complexity index is 876. The lowest BCUT2D eigenvalue weighted by molar-refractivity contribution is 0.0697. The van der Waals surface area contributed by atoms with E-state index in [2.05, 4.69) is 5.32 Å². The average Bonchev–Trinajstić information content (AvgIpc) is 3.11. The molecule has 0 radical (unpaired) electrons. The highest BCUT2D eigenvalue weighted by atomic mass is 35.5. The van der Waals surface area contributed by atoms with Crippen molar-refractivity contribution in [3.8, 4) is 17.1 Å². The quantitative estimate of drug-likeness (QED) is 0.643. The van der Waals surface area contributed by atoms with Gasteiger partial charge in [-0.1, -0.05) is 30.3 Å². The van der Waals surface area contributed by atoms with Crippen LogP contribution in [0.25, 0.3) is 11.3 Å². The van der Waals surface area contributed by atoms with E-state index in [-0.39, 0.29) is 18.0 Å². The summed E-state index contributed by atoms with van der Waals surface area (Å²) in [6, 6.07) is 18.3. The topological polar surface area (TPSA) is 71.7 Å². The monoisotopic (exact) mass is 373 g/mol. The van der Waals surface area contributed by atoms with Crippen LogP contribution in [0.5, 0.6) is 5.75 Å². The standard InChI is InChI=1S/C20H19NO4.ClH/c1-24-18-8-3-2-5-16(18)12-21-13-17-9-10-19(25-17)14-6-4-7-15(11-14)20(22)23;/h2-11,21H,12-13H2,1H3,(H,22,23);1H. The molecule has 0 amide bonds. The normalized spacial score (nSPS) is 10.2. The van der Waals surface area contributed by atoms with Crippen molar-refractivity contribution in [2.75, 3.05) is 7.11 Å². The van der Waals surface area contributed by atoms with Crippen molar-refractivity contribution in [3.63, 3.8) is 0 Å². The Kier molecular flexibility index (Phi) is 6.83. The zero-order valence-electron chi connectivity index (χ0n) is 14.3. The molecule has 0 bridgehead atoms. The van der Waals surface area contributed by atoms with Gasteiger partial charge >= 0.3 is 5.97 Å². The summed E-state index contributed by atoms with van der Waals surface area (Å²) < 4.78 is 11.1. The van der Waals surface area contributed by atoms with Gasteiger partial charge in [0.1, 0.15) is 17.3 Å². The fraction of sp³-hybridized carbons (Fsp3) is 0.150. The maximum atomic E-state index is 11.1. The molecule has 0 aliphatic heterocycles. The first kappa shape index (κ1) is 19.6. The molecule has 2 aromatic carbocycles. The van der Waals surface area contributed by atoms with Gasteiger partial charge in [-0.3, -0.25) is 0 Å².